The monoisotopic (exact) mass is 334 g/mol. The maximum Gasteiger partial charge on any atom is 0.407 e. The summed E-state index contributed by atoms with van der Waals surface area (Å²) in [6.07, 6.45) is -0.213. The Morgan fingerprint density at radius 3 is 2.39 bits per heavy atom. The first-order valence-corrected chi connectivity index (χ1v) is 8.57. The van der Waals surface area contributed by atoms with Crippen molar-refractivity contribution in [3.8, 4) is 0 Å². The molecule has 1 amide bonds. The topological polar surface area (TPSA) is 98.5 Å². The highest BCUT2D eigenvalue weighted by molar-refractivity contribution is 7.89. The van der Waals surface area contributed by atoms with Gasteiger partial charge in [0.15, 0.2) is 0 Å². The normalized spacial score (nSPS) is 11.0. The van der Waals surface area contributed by atoms with Gasteiger partial charge in [-0.1, -0.05) is 48.5 Å². The molecule has 0 saturated carbocycles. The van der Waals surface area contributed by atoms with Crippen LogP contribution in [0.5, 0.6) is 0 Å². The molecule has 23 heavy (non-hydrogen) atoms. The molecule has 0 aliphatic carbocycles. The van der Waals surface area contributed by atoms with Gasteiger partial charge in [-0.2, -0.15) is 0 Å². The summed E-state index contributed by atoms with van der Waals surface area (Å²) in [7, 11) is -3.77. The van der Waals surface area contributed by atoms with Crippen LogP contribution in [0.15, 0.2) is 59.5 Å². The van der Waals surface area contributed by atoms with E-state index in [0.29, 0.717) is 12.0 Å². The average molecular weight is 334 g/mol. The van der Waals surface area contributed by atoms with Crippen LogP contribution in [0.1, 0.15) is 11.1 Å². The number of hydrogen-bond donors (Lipinski definition) is 2. The van der Waals surface area contributed by atoms with Gasteiger partial charge in [-0.3, -0.25) is 0 Å². The van der Waals surface area contributed by atoms with E-state index in [9.17, 15) is 13.2 Å². The summed E-state index contributed by atoms with van der Waals surface area (Å²) in [5, 5.41) is 7.74. The Morgan fingerprint density at radius 1 is 1.04 bits per heavy atom. The van der Waals surface area contributed by atoms with Crippen LogP contribution >= 0.6 is 0 Å². The van der Waals surface area contributed by atoms with E-state index in [4.69, 9.17) is 9.88 Å². The number of rotatable bonds is 6. The van der Waals surface area contributed by atoms with Crippen LogP contribution in [-0.2, 0) is 27.8 Å². The van der Waals surface area contributed by atoms with E-state index in [1.165, 1.54) is 6.07 Å². The zero-order valence-corrected chi connectivity index (χ0v) is 13.3. The van der Waals surface area contributed by atoms with Crippen molar-refractivity contribution in [2.24, 2.45) is 5.14 Å². The van der Waals surface area contributed by atoms with Crippen LogP contribution < -0.4 is 10.5 Å². The first-order valence-electron chi connectivity index (χ1n) is 7.02. The van der Waals surface area contributed by atoms with Gasteiger partial charge in [0.2, 0.25) is 10.0 Å². The summed E-state index contributed by atoms with van der Waals surface area (Å²) < 4.78 is 28.0. The number of nitrogens with one attached hydrogen (secondary N) is 1. The Balaban J connectivity index is 1.82. The van der Waals surface area contributed by atoms with Gasteiger partial charge >= 0.3 is 6.09 Å². The second kappa shape index (κ2) is 7.75. The lowest BCUT2D eigenvalue weighted by atomic mass is 10.1. The number of nitrogens with two attached hydrogens (primary N) is 1. The second-order valence-electron chi connectivity index (χ2n) is 4.89. The molecule has 0 unspecified atom stereocenters. The molecule has 2 aromatic rings. The third-order valence-corrected chi connectivity index (χ3v) is 4.17. The number of primary sulfonamides is 1. The number of carbonyl (C=O) groups is 1. The number of benzene rings is 2. The molecule has 0 spiro atoms. The lowest BCUT2D eigenvalue weighted by molar-refractivity contribution is 0.140. The van der Waals surface area contributed by atoms with Gasteiger partial charge in [-0.15, -0.1) is 0 Å². The molecule has 0 saturated heterocycles. The van der Waals surface area contributed by atoms with E-state index in [1.807, 2.05) is 30.3 Å². The molecule has 3 N–H and O–H groups in total. The predicted octanol–water partition coefficient (Wildman–Crippen LogP) is 1.80. The minimum atomic E-state index is -3.77. The van der Waals surface area contributed by atoms with Gasteiger partial charge in [-0.05, 0) is 23.6 Å². The summed E-state index contributed by atoms with van der Waals surface area (Å²) >= 11 is 0. The minimum Gasteiger partial charge on any atom is -0.445 e. The Kier molecular flexibility index (Phi) is 5.72. The zero-order valence-electron chi connectivity index (χ0n) is 12.4. The van der Waals surface area contributed by atoms with Gasteiger partial charge in [0.25, 0.3) is 0 Å². The molecule has 0 atom stereocenters. The smallest absolute Gasteiger partial charge is 0.407 e. The molecular weight excluding hydrogens is 316 g/mol. The number of ether oxygens (including phenoxy) is 1. The van der Waals surface area contributed by atoms with Gasteiger partial charge < -0.3 is 10.1 Å². The molecule has 0 aromatic heterocycles. The number of hydrogen-bond acceptors (Lipinski definition) is 4. The Morgan fingerprint density at radius 2 is 1.70 bits per heavy atom. The summed E-state index contributed by atoms with van der Waals surface area (Å²) in [5.74, 6) is 0. The second-order valence-corrected chi connectivity index (χ2v) is 6.42. The number of alkyl carbamates (subject to hydrolysis) is 1. The largest absolute Gasteiger partial charge is 0.445 e. The average Bonchev–Trinajstić information content (AvgIpc) is 2.53. The molecule has 0 heterocycles. The van der Waals surface area contributed by atoms with Crippen molar-refractivity contribution in [3.63, 3.8) is 0 Å². The number of sulfonamides is 1. The van der Waals surface area contributed by atoms with E-state index in [0.717, 1.165) is 5.56 Å². The van der Waals surface area contributed by atoms with Crippen molar-refractivity contribution in [3.05, 3.63) is 65.7 Å². The van der Waals surface area contributed by atoms with Crippen LogP contribution in [-0.4, -0.2) is 21.1 Å². The molecule has 0 aliphatic heterocycles. The Hall–Kier alpha value is -2.38. The van der Waals surface area contributed by atoms with E-state index in [1.54, 1.807) is 18.2 Å². The van der Waals surface area contributed by atoms with Crippen LogP contribution in [0.3, 0.4) is 0 Å². The standard InChI is InChI=1S/C16H18N2O4S/c17-23(20,21)15-9-5-4-8-14(15)10-11-18-16(19)22-12-13-6-2-1-3-7-13/h1-9H,10-12H2,(H,18,19)(H2,17,20,21). The molecule has 0 aliphatic rings. The Bertz CT molecular complexity index is 761. The first-order chi connectivity index (χ1) is 11.0. The molecule has 122 valence electrons. The fourth-order valence-corrected chi connectivity index (χ4v) is 2.87. The van der Waals surface area contributed by atoms with Crippen molar-refractivity contribution in [1.29, 1.82) is 0 Å². The van der Waals surface area contributed by atoms with Crippen molar-refractivity contribution < 1.29 is 17.9 Å². The molecule has 0 radical (unpaired) electrons. The lowest BCUT2D eigenvalue weighted by Gasteiger charge is -2.09. The first kappa shape index (κ1) is 17.0. The molecular formula is C16H18N2O4S. The maximum absolute atomic E-state index is 11.6. The van der Waals surface area contributed by atoms with E-state index < -0.39 is 16.1 Å². The quantitative estimate of drug-likeness (QED) is 0.841. The molecule has 2 aromatic carbocycles. The van der Waals surface area contributed by atoms with E-state index in [2.05, 4.69) is 5.32 Å². The summed E-state index contributed by atoms with van der Waals surface area (Å²) in [5.41, 5.74) is 1.44. The summed E-state index contributed by atoms with van der Waals surface area (Å²) in [6.45, 7) is 0.431. The van der Waals surface area contributed by atoms with Crippen LogP contribution in [0.4, 0.5) is 4.79 Å². The summed E-state index contributed by atoms with van der Waals surface area (Å²) in [4.78, 5) is 11.7. The fraction of sp³-hybridized carbons (Fsp3) is 0.188. The van der Waals surface area contributed by atoms with Gasteiger partial charge in [0.1, 0.15) is 6.61 Å². The molecule has 7 heteroatoms. The maximum atomic E-state index is 11.6. The fourth-order valence-electron chi connectivity index (χ4n) is 2.06. The van der Waals surface area contributed by atoms with Crippen LogP contribution in [0.2, 0.25) is 0 Å². The third kappa shape index (κ3) is 5.39. The molecule has 6 nitrogen and oxygen atoms in total. The zero-order chi connectivity index (χ0) is 16.7. The van der Waals surface area contributed by atoms with Crippen molar-refractivity contribution >= 4 is 16.1 Å². The minimum absolute atomic E-state index is 0.0689. The summed E-state index contributed by atoms with van der Waals surface area (Å²) in [6, 6.07) is 15.7. The lowest BCUT2D eigenvalue weighted by Crippen LogP contribution is -2.27. The van der Waals surface area contributed by atoms with Crippen molar-refractivity contribution in [2.45, 2.75) is 17.9 Å². The van der Waals surface area contributed by atoms with Crippen LogP contribution in [0, 0.1) is 0 Å². The number of carbonyl (C=O) groups excluding carboxylic acids is 1. The van der Waals surface area contributed by atoms with E-state index >= 15 is 0 Å². The Labute approximate surface area is 135 Å². The van der Waals surface area contributed by atoms with E-state index in [-0.39, 0.29) is 18.0 Å². The van der Waals surface area contributed by atoms with Gasteiger partial charge in [0, 0.05) is 6.54 Å². The highest BCUT2D eigenvalue weighted by atomic mass is 32.2. The third-order valence-electron chi connectivity index (χ3n) is 3.16. The van der Waals surface area contributed by atoms with Crippen molar-refractivity contribution in [2.75, 3.05) is 6.54 Å². The van der Waals surface area contributed by atoms with Crippen molar-refractivity contribution in [1.82, 2.24) is 5.32 Å². The van der Waals surface area contributed by atoms with Crippen LogP contribution in [0.25, 0.3) is 0 Å². The highest BCUT2D eigenvalue weighted by Crippen LogP contribution is 2.13. The van der Waals surface area contributed by atoms with Gasteiger partial charge in [0.05, 0.1) is 4.90 Å². The number of amides is 1. The SMILES string of the molecule is NS(=O)(=O)c1ccccc1CCNC(=O)OCc1ccccc1. The van der Waals surface area contributed by atoms with Gasteiger partial charge in [-0.25, -0.2) is 18.4 Å². The highest BCUT2D eigenvalue weighted by Gasteiger charge is 2.13. The molecule has 0 bridgehead atoms. The molecule has 0 fully saturated rings. The molecule has 2 rings (SSSR count). The predicted molar refractivity (Wildman–Crippen MR) is 86.1 cm³/mol.